The first-order valence-corrected chi connectivity index (χ1v) is 7.22. The van der Waals surface area contributed by atoms with Crippen molar-refractivity contribution >= 4 is 23.5 Å². The van der Waals surface area contributed by atoms with Crippen LogP contribution in [0.3, 0.4) is 0 Å². The van der Waals surface area contributed by atoms with Gasteiger partial charge in [-0.15, -0.1) is 0 Å². The average molecular weight is 291 g/mol. The van der Waals surface area contributed by atoms with Gasteiger partial charge in [0.15, 0.2) is 0 Å². The number of nitrogens with one attached hydrogen (secondary N) is 3. The highest BCUT2D eigenvalue weighted by molar-refractivity contribution is 6.01. The van der Waals surface area contributed by atoms with Crippen LogP contribution in [-0.2, 0) is 9.59 Å². The van der Waals surface area contributed by atoms with Gasteiger partial charge in [0.25, 0.3) is 0 Å². The number of rotatable bonds is 5. The van der Waals surface area contributed by atoms with E-state index < -0.39 is 6.04 Å². The third-order valence-corrected chi connectivity index (χ3v) is 3.18. The van der Waals surface area contributed by atoms with Crippen LogP contribution in [0.5, 0.6) is 0 Å². The Labute approximate surface area is 123 Å². The lowest BCUT2D eigenvalue weighted by atomic mass is 10.1. The van der Waals surface area contributed by atoms with Crippen LogP contribution in [-0.4, -0.2) is 34.4 Å². The van der Waals surface area contributed by atoms with E-state index >= 15 is 0 Å². The number of carbonyl (C=O) groups excluding carboxylic acids is 2. The van der Waals surface area contributed by atoms with Gasteiger partial charge in [-0.2, -0.15) is 0 Å². The molecule has 0 aromatic carbocycles. The Morgan fingerprint density at radius 1 is 1.33 bits per heavy atom. The molecule has 1 atom stereocenters. The van der Waals surface area contributed by atoms with Crippen LogP contribution in [0.25, 0.3) is 0 Å². The maximum atomic E-state index is 11.8. The molecular weight excluding hydrogens is 270 g/mol. The molecule has 0 spiro atoms. The van der Waals surface area contributed by atoms with Crippen molar-refractivity contribution in [3.63, 3.8) is 0 Å². The Balaban J connectivity index is 2.18. The van der Waals surface area contributed by atoms with Crippen LogP contribution in [0.4, 0.5) is 11.6 Å². The number of nitrogens with zero attached hydrogens (tertiary/aromatic N) is 2. The molecule has 0 bridgehead atoms. The number of hydrogen-bond acceptors (Lipinski definition) is 6. The minimum atomic E-state index is -0.438. The molecule has 7 nitrogen and oxygen atoms in total. The third kappa shape index (κ3) is 3.90. The molecule has 0 radical (unpaired) electrons. The van der Waals surface area contributed by atoms with Gasteiger partial charge in [0.05, 0.1) is 0 Å². The van der Waals surface area contributed by atoms with E-state index in [0.29, 0.717) is 24.5 Å². The zero-order valence-electron chi connectivity index (χ0n) is 12.6. The van der Waals surface area contributed by atoms with Gasteiger partial charge >= 0.3 is 0 Å². The molecule has 1 aromatic rings. The molecule has 1 fully saturated rings. The Morgan fingerprint density at radius 2 is 2.05 bits per heavy atom. The number of carbonyl (C=O) groups is 2. The molecule has 2 rings (SSSR count). The second-order valence-electron chi connectivity index (χ2n) is 5.33. The summed E-state index contributed by atoms with van der Waals surface area (Å²) in [5, 5.41) is 8.57. The van der Waals surface area contributed by atoms with Gasteiger partial charge in [-0.1, -0.05) is 13.8 Å². The topological polar surface area (TPSA) is 96.0 Å². The quantitative estimate of drug-likeness (QED) is 0.707. The standard InChI is InChI=1S/C14H21N5O2/c1-4-15-10-7-11(18-13(17-10)8(2)3)16-9-5-6-12(20)19-14(9)21/h7-9H,4-6H2,1-3H3,(H,19,20,21)(H2,15,16,17,18). The van der Waals surface area contributed by atoms with Crippen molar-refractivity contribution in [2.24, 2.45) is 0 Å². The number of hydrogen-bond donors (Lipinski definition) is 3. The molecule has 0 aliphatic carbocycles. The number of piperidine rings is 1. The van der Waals surface area contributed by atoms with Crippen LogP contribution in [0.15, 0.2) is 6.07 Å². The van der Waals surface area contributed by atoms with Gasteiger partial charge in [-0.3, -0.25) is 14.9 Å². The SMILES string of the molecule is CCNc1cc(NC2CCC(=O)NC2=O)nc(C(C)C)n1. The van der Waals surface area contributed by atoms with Crippen molar-refractivity contribution in [1.29, 1.82) is 0 Å². The number of imide groups is 1. The van der Waals surface area contributed by atoms with Gasteiger partial charge in [0, 0.05) is 24.9 Å². The monoisotopic (exact) mass is 291 g/mol. The fourth-order valence-electron chi connectivity index (χ4n) is 2.08. The highest BCUT2D eigenvalue weighted by atomic mass is 16.2. The van der Waals surface area contributed by atoms with Crippen molar-refractivity contribution in [2.45, 2.75) is 45.6 Å². The minimum Gasteiger partial charge on any atom is -0.370 e. The summed E-state index contributed by atoms with van der Waals surface area (Å²) in [6.07, 6.45) is 0.813. The molecule has 3 N–H and O–H groups in total. The van der Waals surface area contributed by atoms with Gasteiger partial charge in [-0.05, 0) is 13.3 Å². The van der Waals surface area contributed by atoms with Crippen LogP contribution in [0.1, 0.15) is 45.4 Å². The van der Waals surface area contributed by atoms with Gasteiger partial charge < -0.3 is 10.6 Å². The molecule has 2 heterocycles. The van der Waals surface area contributed by atoms with E-state index in [2.05, 4.69) is 25.9 Å². The molecule has 1 aliphatic rings. The van der Waals surface area contributed by atoms with Crippen LogP contribution in [0.2, 0.25) is 0 Å². The summed E-state index contributed by atoms with van der Waals surface area (Å²) >= 11 is 0. The number of aromatic nitrogens is 2. The summed E-state index contributed by atoms with van der Waals surface area (Å²) in [5.74, 6) is 1.69. The molecule has 0 saturated carbocycles. The Bertz CT molecular complexity index is 544. The molecule has 1 saturated heterocycles. The summed E-state index contributed by atoms with van der Waals surface area (Å²) in [6, 6.07) is 1.34. The lowest BCUT2D eigenvalue weighted by Crippen LogP contribution is -2.47. The zero-order valence-corrected chi connectivity index (χ0v) is 12.6. The number of amides is 2. The van der Waals surface area contributed by atoms with E-state index in [1.807, 2.05) is 20.8 Å². The highest BCUT2D eigenvalue weighted by Crippen LogP contribution is 2.19. The first kappa shape index (κ1) is 15.2. The first-order valence-electron chi connectivity index (χ1n) is 7.22. The molecule has 21 heavy (non-hydrogen) atoms. The lowest BCUT2D eigenvalue weighted by molar-refractivity contribution is -0.133. The van der Waals surface area contributed by atoms with E-state index in [-0.39, 0.29) is 17.7 Å². The molecule has 114 valence electrons. The van der Waals surface area contributed by atoms with Crippen molar-refractivity contribution in [1.82, 2.24) is 15.3 Å². The summed E-state index contributed by atoms with van der Waals surface area (Å²) in [7, 11) is 0. The predicted molar refractivity (Wildman–Crippen MR) is 80.1 cm³/mol. The second-order valence-corrected chi connectivity index (χ2v) is 5.33. The fourth-order valence-corrected chi connectivity index (χ4v) is 2.08. The summed E-state index contributed by atoms with van der Waals surface area (Å²) in [5.41, 5.74) is 0. The highest BCUT2D eigenvalue weighted by Gasteiger charge is 2.26. The van der Waals surface area contributed by atoms with Crippen LogP contribution < -0.4 is 16.0 Å². The van der Waals surface area contributed by atoms with Crippen LogP contribution >= 0.6 is 0 Å². The molecule has 1 aromatic heterocycles. The van der Waals surface area contributed by atoms with Crippen molar-refractivity contribution in [2.75, 3.05) is 17.2 Å². The summed E-state index contributed by atoms with van der Waals surface area (Å²) in [4.78, 5) is 31.8. The number of anilines is 2. The van der Waals surface area contributed by atoms with Crippen molar-refractivity contribution in [3.05, 3.63) is 11.9 Å². The van der Waals surface area contributed by atoms with Crippen LogP contribution in [0, 0.1) is 0 Å². The van der Waals surface area contributed by atoms with E-state index in [0.717, 1.165) is 12.4 Å². The molecular formula is C14H21N5O2. The van der Waals surface area contributed by atoms with Gasteiger partial charge in [0.1, 0.15) is 23.5 Å². The summed E-state index contributed by atoms with van der Waals surface area (Å²) in [6.45, 7) is 6.78. The van der Waals surface area contributed by atoms with E-state index in [9.17, 15) is 9.59 Å². The van der Waals surface area contributed by atoms with Gasteiger partial charge in [-0.25, -0.2) is 9.97 Å². The molecule has 2 amide bonds. The van der Waals surface area contributed by atoms with E-state index in [4.69, 9.17) is 0 Å². The van der Waals surface area contributed by atoms with Crippen molar-refractivity contribution in [3.8, 4) is 0 Å². The minimum absolute atomic E-state index is 0.186. The molecule has 7 heteroatoms. The maximum absolute atomic E-state index is 11.8. The third-order valence-electron chi connectivity index (χ3n) is 3.18. The summed E-state index contributed by atoms with van der Waals surface area (Å²) < 4.78 is 0. The normalized spacial score (nSPS) is 18.6. The second kappa shape index (κ2) is 6.51. The largest absolute Gasteiger partial charge is 0.370 e. The van der Waals surface area contributed by atoms with E-state index in [1.54, 1.807) is 6.07 Å². The van der Waals surface area contributed by atoms with Crippen molar-refractivity contribution < 1.29 is 9.59 Å². The Kier molecular flexibility index (Phi) is 4.72. The average Bonchev–Trinajstić information content (AvgIpc) is 2.42. The Hall–Kier alpha value is -2.18. The first-order chi connectivity index (χ1) is 9.99. The molecule has 1 unspecified atom stereocenters. The van der Waals surface area contributed by atoms with Gasteiger partial charge in [0.2, 0.25) is 11.8 Å². The maximum Gasteiger partial charge on any atom is 0.249 e. The molecule has 1 aliphatic heterocycles. The van der Waals surface area contributed by atoms with E-state index in [1.165, 1.54) is 0 Å². The predicted octanol–water partition coefficient (Wildman–Crippen LogP) is 1.25. The lowest BCUT2D eigenvalue weighted by Gasteiger charge is -2.23. The zero-order chi connectivity index (χ0) is 15.4. The fraction of sp³-hybridized carbons (Fsp3) is 0.571. The Morgan fingerprint density at radius 3 is 2.67 bits per heavy atom. The smallest absolute Gasteiger partial charge is 0.249 e.